The summed E-state index contributed by atoms with van der Waals surface area (Å²) < 4.78 is 0. The topological polar surface area (TPSA) is 55.1 Å². The van der Waals surface area contributed by atoms with E-state index < -0.39 is 5.91 Å². The van der Waals surface area contributed by atoms with Crippen LogP contribution in [0.2, 0.25) is 5.02 Å². The molecule has 0 radical (unpaired) electrons. The average molecular weight is 371 g/mol. The van der Waals surface area contributed by atoms with E-state index in [0.29, 0.717) is 10.6 Å². The van der Waals surface area contributed by atoms with Crippen molar-refractivity contribution in [3.8, 4) is 11.1 Å². The molecule has 138 valence electrons. The van der Waals surface area contributed by atoms with Crippen LogP contribution in [-0.2, 0) is 6.54 Å². The van der Waals surface area contributed by atoms with Crippen molar-refractivity contribution >= 4 is 17.5 Å². The van der Waals surface area contributed by atoms with Crippen molar-refractivity contribution in [2.45, 2.75) is 45.1 Å². The van der Waals surface area contributed by atoms with Gasteiger partial charge in [0, 0.05) is 6.54 Å². The van der Waals surface area contributed by atoms with Crippen LogP contribution in [0.5, 0.6) is 0 Å². The first-order valence-electron chi connectivity index (χ1n) is 9.53. The lowest BCUT2D eigenvalue weighted by atomic mass is 9.87. The summed E-state index contributed by atoms with van der Waals surface area (Å²) >= 11 is 6.18. The van der Waals surface area contributed by atoms with Crippen molar-refractivity contribution in [1.82, 2.24) is 5.32 Å². The van der Waals surface area contributed by atoms with Gasteiger partial charge in [-0.25, -0.2) is 0 Å². The summed E-state index contributed by atoms with van der Waals surface area (Å²) in [7, 11) is 0. The molecule has 2 aromatic carbocycles. The van der Waals surface area contributed by atoms with Gasteiger partial charge in [-0.15, -0.1) is 0 Å². The Kier molecular flexibility index (Phi) is 6.70. The molecule has 1 fully saturated rings. The molecule has 3 nitrogen and oxygen atoms in total. The maximum atomic E-state index is 11.3. The van der Waals surface area contributed by atoms with Gasteiger partial charge >= 0.3 is 0 Å². The fourth-order valence-electron chi connectivity index (χ4n) is 3.77. The van der Waals surface area contributed by atoms with Gasteiger partial charge in [-0.3, -0.25) is 4.79 Å². The quantitative estimate of drug-likeness (QED) is 0.661. The van der Waals surface area contributed by atoms with E-state index in [1.807, 2.05) is 6.07 Å². The van der Waals surface area contributed by atoms with E-state index in [0.717, 1.165) is 30.1 Å². The Hall–Kier alpha value is -1.84. The maximum absolute atomic E-state index is 11.3. The Bertz CT molecular complexity index is 754. The highest BCUT2D eigenvalue weighted by Crippen LogP contribution is 2.27. The van der Waals surface area contributed by atoms with Crippen molar-refractivity contribution in [1.29, 1.82) is 0 Å². The van der Waals surface area contributed by atoms with Crippen LogP contribution in [0.3, 0.4) is 0 Å². The third-order valence-electron chi connectivity index (χ3n) is 5.28. The van der Waals surface area contributed by atoms with Crippen LogP contribution in [0, 0.1) is 5.92 Å². The second-order valence-corrected chi connectivity index (χ2v) is 7.64. The highest BCUT2D eigenvalue weighted by molar-refractivity contribution is 6.34. The molecule has 0 heterocycles. The van der Waals surface area contributed by atoms with Crippen LogP contribution < -0.4 is 11.1 Å². The van der Waals surface area contributed by atoms with Gasteiger partial charge in [-0.2, -0.15) is 0 Å². The molecule has 0 bridgehead atoms. The van der Waals surface area contributed by atoms with Crippen molar-refractivity contribution in [2.75, 3.05) is 6.54 Å². The van der Waals surface area contributed by atoms with E-state index in [9.17, 15) is 4.79 Å². The average Bonchev–Trinajstić information content (AvgIpc) is 2.66. The van der Waals surface area contributed by atoms with E-state index >= 15 is 0 Å². The van der Waals surface area contributed by atoms with Crippen LogP contribution in [0.4, 0.5) is 0 Å². The smallest absolute Gasteiger partial charge is 0.250 e. The third-order valence-corrected chi connectivity index (χ3v) is 5.59. The van der Waals surface area contributed by atoms with Crippen LogP contribution >= 0.6 is 11.6 Å². The molecule has 0 saturated heterocycles. The lowest BCUT2D eigenvalue weighted by molar-refractivity contribution is 0.100. The van der Waals surface area contributed by atoms with E-state index in [4.69, 9.17) is 17.3 Å². The minimum absolute atomic E-state index is 0.357. The van der Waals surface area contributed by atoms with Crippen molar-refractivity contribution in [3.63, 3.8) is 0 Å². The molecule has 4 heteroatoms. The first kappa shape index (κ1) is 18.9. The summed E-state index contributed by atoms with van der Waals surface area (Å²) in [6.07, 6.45) is 8.32. The summed E-state index contributed by atoms with van der Waals surface area (Å²) in [4.78, 5) is 11.3. The minimum Gasteiger partial charge on any atom is -0.366 e. The summed E-state index contributed by atoms with van der Waals surface area (Å²) in [5, 5.41) is 3.97. The fraction of sp³-hybridized carbons (Fsp3) is 0.409. The SMILES string of the molecule is NC(=O)c1ccc(-c2cccc(CNCCC3CCCCC3)c2)cc1Cl. The third kappa shape index (κ3) is 5.09. The second-order valence-electron chi connectivity index (χ2n) is 7.23. The number of nitrogens with one attached hydrogen (secondary N) is 1. The van der Waals surface area contributed by atoms with Crippen molar-refractivity contribution in [2.24, 2.45) is 11.7 Å². The Morgan fingerprint density at radius 1 is 1.08 bits per heavy atom. The number of carbonyl (C=O) groups excluding carboxylic acids is 1. The molecule has 0 unspecified atom stereocenters. The molecule has 0 spiro atoms. The molecule has 0 aliphatic heterocycles. The second kappa shape index (κ2) is 9.20. The molecule has 1 amide bonds. The Morgan fingerprint density at radius 2 is 1.85 bits per heavy atom. The molecular weight excluding hydrogens is 344 g/mol. The van der Waals surface area contributed by atoms with E-state index in [1.165, 1.54) is 44.1 Å². The number of amides is 1. The van der Waals surface area contributed by atoms with Gasteiger partial charge in [0.15, 0.2) is 0 Å². The van der Waals surface area contributed by atoms with Gasteiger partial charge in [0.05, 0.1) is 10.6 Å². The lowest BCUT2D eigenvalue weighted by Gasteiger charge is -2.21. The van der Waals surface area contributed by atoms with Gasteiger partial charge in [0.1, 0.15) is 0 Å². The zero-order chi connectivity index (χ0) is 18.4. The van der Waals surface area contributed by atoms with Crippen molar-refractivity contribution < 1.29 is 4.79 Å². The van der Waals surface area contributed by atoms with Crippen LogP contribution in [0.25, 0.3) is 11.1 Å². The largest absolute Gasteiger partial charge is 0.366 e. The Balaban J connectivity index is 1.57. The van der Waals surface area contributed by atoms with Gasteiger partial charge in [0.2, 0.25) is 5.91 Å². The maximum Gasteiger partial charge on any atom is 0.250 e. The number of halogens is 1. The molecule has 3 N–H and O–H groups in total. The molecule has 1 aliphatic rings. The predicted molar refractivity (Wildman–Crippen MR) is 108 cm³/mol. The highest BCUT2D eigenvalue weighted by Gasteiger charge is 2.12. The lowest BCUT2D eigenvalue weighted by Crippen LogP contribution is -2.19. The molecule has 1 saturated carbocycles. The standard InChI is InChI=1S/C22H27ClN2O/c23-21-14-19(9-10-20(21)22(24)26)18-8-4-7-17(13-18)15-25-12-11-16-5-2-1-3-6-16/h4,7-10,13-14,16,25H,1-3,5-6,11-12,15H2,(H2,24,26). The highest BCUT2D eigenvalue weighted by atomic mass is 35.5. The summed E-state index contributed by atoms with van der Waals surface area (Å²) in [6, 6.07) is 13.8. The number of nitrogens with two attached hydrogens (primary N) is 1. The summed E-state index contributed by atoms with van der Waals surface area (Å²) in [6.45, 7) is 1.95. The van der Waals surface area contributed by atoms with Crippen LogP contribution in [-0.4, -0.2) is 12.5 Å². The number of carbonyl (C=O) groups is 1. The normalized spacial score (nSPS) is 15.1. The number of hydrogen-bond donors (Lipinski definition) is 2. The molecule has 1 aliphatic carbocycles. The molecule has 0 aromatic heterocycles. The van der Waals surface area contributed by atoms with Gasteiger partial charge in [-0.05, 0) is 53.8 Å². The van der Waals surface area contributed by atoms with E-state index in [1.54, 1.807) is 12.1 Å². The molecule has 0 atom stereocenters. The molecule has 3 rings (SSSR count). The zero-order valence-corrected chi connectivity index (χ0v) is 15.9. The summed E-state index contributed by atoms with van der Waals surface area (Å²) in [5.74, 6) is 0.408. The number of rotatable bonds is 7. The monoisotopic (exact) mass is 370 g/mol. The first-order valence-corrected chi connectivity index (χ1v) is 9.90. The first-order chi connectivity index (χ1) is 12.6. The van der Waals surface area contributed by atoms with Crippen LogP contribution in [0.15, 0.2) is 42.5 Å². The summed E-state index contributed by atoms with van der Waals surface area (Å²) in [5.41, 5.74) is 9.01. The van der Waals surface area contributed by atoms with Gasteiger partial charge in [0.25, 0.3) is 0 Å². The zero-order valence-electron chi connectivity index (χ0n) is 15.1. The minimum atomic E-state index is -0.502. The van der Waals surface area contributed by atoms with Crippen molar-refractivity contribution in [3.05, 3.63) is 58.6 Å². The number of benzene rings is 2. The van der Waals surface area contributed by atoms with E-state index in [-0.39, 0.29) is 0 Å². The Labute approximate surface area is 160 Å². The van der Waals surface area contributed by atoms with Crippen LogP contribution in [0.1, 0.15) is 54.4 Å². The predicted octanol–water partition coefficient (Wildman–Crippen LogP) is 5.17. The number of hydrogen-bond acceptors (Lipinski definition) is 2. The van der Waals surface area contributed by atoms with Gasteiger partial charge in [-0.1, -0.05) is 68.0 Å². The molecule has 26 heavy (non-hydrogen) atoms. The van der Waals surface area contributed by atoms with Gasteiger partial charge < -0.3 is 11.1 Å². The van der Waals surface area contributed by atoms with E-state index in [2.05, 4.69) is 29.6 Å². The fourth-order valence-corrected chi connectivity index (χ4v) is 4.04. The number of primary amides is 1. The molecule has 2 aromatic rings. The molecular formula is C22H27ClN2O. The Morgan fingerprint density at radius 3 is 2.58 bits per heavy atom.